The van der Waals surface area contributed by atoms with Crippen molar-refractivity contribution in [3.8, 4) is 0 Å². The number of alkyl halides is 3. The van der Waals surface area contributed by atoms with Crippen molar-refractivity contribution >= 4 is 39.1 Å². The van der Waals surface area contributed by atoms with Gasteiger partial charge in [-0.1, -0.05) is 23.2 Å². The summed E-state index contributed by atoms with van der Waals surface area (Å²) in [4.78, 5) is 0. The molecule has 0 radical (unpaired) electrons. The zero-order valence-electron chi connectivity index (χ0n) is 6.85. The first kappa shape index (κ1) is 12.1. The highest BCUT2D eigenvalue weighted by atomic mass is 79.9. The fraction of sp³-hybridized carbons (Fsp3) is 0.250. The molecule has 6 heteroatoms. The molecule has 1 rings (SSSR count). The fourth-order valence-corrected chi connectivity index (χ4v) is 1.85. The molecule has 0 N–H and O–H groups in total. The lowest BCUT2D eigenvalue weighted by Crippen LogP contribution is -2.08. The molecule has 0 saturated carbocycles. The Morgan fingerprint density at radius 3 is 2.21 bits per heavy atom. The van der Waals surface area contributed by atoms with Gasteiger partial charge in [0.1, 0.15) is 0 Å². The highest BCUT2D eigenvalue weighted by molar-refractivity contribution is 9.10. The summed E-state index contributed by atoms with van der Waals surface area (Å²) in [5.41, 5.74) is -0.842. The minimum Gasteiger partial charge on any atom is -0.166 e. The Hall–Kier alpha value is 0.0700. The van der Waals surface area contributed by atoms with Gasteiger partial charge in [-0.15, -0.1) is 0 Å². The Kier molecular flexibility index (Phi) is 3.39. The molecule has 0 aliphatic rings. The smallest absolute Gasteiger partial charge is 0.166 e. The van der Waals surface area contributed by atoms with Crippen LogP contribution in [0.25, 0.3) is 0 Å². The van der Waals surface area contributed by atoms with Crippen LogP contribution >= 0.6 is 39.1 Å². The van der Waals surface area contributed by atoms with Crippen molar-refractivity contribution in [2.75, 3.05) is 0 Å². The first-order chi connectivity index (χ1) is 6.25. The molecule has 0 aliphatic carbocycles. The van der Waals surface area contributed by atoms with Crippen molar-refractivity contribution in [2.24, 2.45) is 0 Å². The molecule has 0 aromatic heterocycles. The van der Waals surface area contributed by atoms with Crippen LogP contribution in [-0.2, 0) is 6.18 Å². The van der Waals surface area contributed by atoms with E-state index in [0.717, 1.165) is 6.07 Å². The maximum atomic E-state index is 12.4. The van der Waals surface area contributed by atoms with Gasteiger partial charge >= 0.3 is 6.18 Å². The number of rotatable bonds is 0. The number of halogens is 6. The zero-order chi connectivity index (χ0) is 11.1. The van der Waals surface area contributed by atoms with E-state index in [0.29, 0.717) is 0 Å². The van der Waals surface area contributed by atoms with Gasteiger partial charge in [0, 0.05) is 0 Å². The van der Waals surface area contributed by atoms with Crippen LogP contribution in [0, 0.1) is 6.92 Å². The molecule has 0 saturated heterocycles. The summed E-state index contributed by atoms with van der Waals surface area (Å²) in [5, 5.41) is -0.0576. The Morgan fingerprint density at radius 1 is 1.29 bits per heavy atom. The zero-order valence-corrected chi connectivity index (χ0v) is 9.94. The van der Waals surface area contributed by atoms with Gasteiger partial charge in [0.2, 0.25) is 0 Å². The van der Waals surface area contributed by atoms with E-state index < -0.39 is 11.7 Å². The monoisotopic (exact) mass is 306 g/mol. The van der Waals surface area contributed by atoms with Gasteiger partial charge in [-0.05, 0) is 34.5 Å². The molecule has 0 atom stereocenters. The lowest BCUT2D eigenvalue weighted by atomic mass is 10.1. The second-order valence-corrected chi connectivity index (χ2v) is 4.23. The second kappa shape index (κ2) is 3.91. The quantitative estimate of drug-likeness (QED) is 0.586. The minimum atomic E-state index is -4.43. The molecule has 0 aliphatic heterocycles. The van der Waals surface area contributed by atoms with Crippen LogP contribution in [0.1, 0.15) is 11.1 Å². The summed E-state index contributed by atoms with van der Waals surface area (Å²) >= 11 is 14.2. The van der Waals surface area contributed by atoms with E-state index in [1.54, 1.807) is 0 Å². The maximum Gasteiger partial charge on any atom is 0.416 e. The third kappa shape index (κ3) is 2.18. The van der Waals surface area contributed by atoms with Crippen LogP contribution in [-0.4, -0.2) is 0 Å². The molecule has 1 aromatic carbocycles. The summed E-state index contributed by atoms with van der Waals surface area (Å²) in [5.74, 6) is 0. The molecule has 1 aromatic rings. The van der Waals surface area contributed by atoms with Crippen molar-refractivity contribution in [1.29, 1.82) is 0 Å². The lowest BCUT2D eigenvalue weighted by molar-refractivity contribution is -0.138. The molecule has 0 bridgehead atoms. The van der Waals surface area contributed by atoms with E-state index in [1.807, 2.05) is 0 Å². The Bertz CT molecular complexity index is 374. The molecule has 0 nitrogen and oxygen atoms in total. The SMILES string of the molecule is Cc1c(C(F)(F)F)cc(Cl)c(Br)c1Cl. The molecule has 0 amide bonds. The lowest BCUT2D eigenvalue weighted by Gasteiger charge is -2.13. The summed E-state index contributed by atoms with van der Waals surface area (Å²) in [6.07, 6.45) is -4.43. The molecule has 78 valence electrons. The summed E-state index contributed by atoms with van der Waals surface area (Å²) in [7, 11) is 0. The van der Waals surface area contributed by atoms with Crippen LogP contribution in [0.5, 0.6) is 0 Å². The first-order valence-corrected chi connectivity index (χ1v) is 5.01. The van der Waals surface area contributed by atoms with Crippen LogP contribution in [0.4, 0.5) is 13.2 Å². The van der Waals surface area contributed by atoms with Crippen LogP contribution in [0.15, 0.2) is 10.5 Å². The van der Waals surface area contributed by atoms with E-state index in [1.165, 1.54) is 6.92 Å². The molecule has 14 heavy (non-hydrogen) atoms. The van der Waals surface area contributed by atoms with E-state index in [2.05, 4.69) is 15.9 Å². The summed E-state index contributed by atoms with van der Waals surface area (Å²) in [6.45, 7) is 1.30. The van der Waals surface area contributed by atoms with Gasteiger partial charge in [0.15, 0.2) is 0 Å². The Morgan fingerprint density at radius 2 is 1.79 bits per heavy atom. The fourth-order valence-electron chi connectivity index (χ4n) is 0.980. The average Bonchev–Trinajstić information content (AvgIpc) is 2.06. The topological polar surface area (TPSA) is 0 Å². The molecular formula is C8H4BrCl2F3. The average molecular weight is 308 g/mol. The Labute approximate surface area is 97.1 Å². The maximum absolute atomic E-state index is 12.4. The third-order valence-electron chi connectivity index (χ3n) is 1.71. The Balaban J connectivity index is 3.49. The van der Waals surface area contributed by atoms with Crippen LogP contribution < -0.4 is 0 Å². The highest BCUT2D eigenvalue weighted by Gasteiger charge is 2.34. The molecule has 0 spiro atoms. The van der Waals surface area contributed by atoms with Crippen molar-refractivity contribution in [2.45, 2.75) is 13.1 Å². The van der Waals surface area contributed by atoms with E-state index in [9.17, 15) is 13.2 Å². The summed E-state index contributed by atoms with van der Waals surface area (Å²) < 4.78 is 37.5. The first-order valence-electron chi connectivity index (χ1n) is 3.46. The van der Waals surface area contributed by atoms with Crippen molar-refractivity contribution in [3.63, 3.8) is 0 Å². The van der Waals surface area contributed by atoms with Gasteiger partial charge in [-0.3, -0.25) is 0 Å². The number of hydrogen-bond donors (Lipinski definition) is 0. The largest absolute Gasteiger partial charge is 0.416 e. The minimum absolute atomic E-state index is 0.00942. The van der Waals surface area contributed by atoms with Gasteiger partial charge in [-0.2, -0.15) is 13.2 Å². The second-order valence-electron chi connectivity index (χ2n) is 2.66. The number of benzene rings is 1. The van der Waals surface area contributed by atoms with Gasteiger partial charge in [-0.25, -0.2) is 0 Å². The van der Waals surface area contributed by atoms with Crippen LogP contribution in [0.3, 0.4) is 0 Å². The van der Waals surface area contributed by atoms with E-state index >= 15 is 0 Å². The van der Waals surface area contributed by atoms with Crippen molar-refractivity contribution in [3.05, 3.63) is 31.7 Å². The van der Waals surface area contributed by atoms with E-state index in [4.69, 9.17) is 23.2 Å². The molecule has 0 unspecified atom stereocenters. The van der Waals surface area contributed by atoms with Crippen molar-refractivity contribution in [1.82, 2.24) is 0 Å². The third-order valence-corrected chi connectivity index (χ3v) is 3.76. The molecular weight excluding hydrogens is 304 g/mol. The van der Waals surface area contributed by atoms with Gasteiger partial charge in [0.25, 0.3) is 0 Å². The normalized spacial score (nSPS) is 11.9. The van der Waals surface area contributed by atoms with Crippen molar-refractivity contribution < 1.29 is 13.2 Å². The standard InChI is InChI=1S/C8H4BrCl2F3/c1-3-4(8(12,13)14)2-5(10)6(9)7(3)11/h2H,1H3. The van der Waals surface area contributed by atoms with Crippen LogP contribution in [0.2, 0.25) is 10.0 Å². The van der Waals surface area contributed by atoms with E-state index in [-0.39, 0.29) is 20.1 Å². The number of hydrogen-bond acceptors (Lipinski definition) is 0. The van der Waals surface area contributed by atoms with Gasteiger partial charge in [0.05, 0.1) is 20.1 Å². The predicted octanol–water partition coefficient (Wildman–Crippen LogP) is 5.08. The van der Waals surface area contributed by atoms with Gasteiger partial charge < -0.3 is 0 Å². The summed E-state index contributed by atoms with van der Waals surface area (Å²) in [6, 6.07) is 0.854. The molecule has 0 heterocycles. The highest BCUT2D eigenvalue weighted by Crippen LogP contribution is 2.41. The molecule has 0 fully saturated rings. The predicted molar refractivity (Wildman–Crippen MR) is 53.9 cm³/mol.